The van der Waals surface area contributed by atoms with Crippen molar-refractivity contribution in [3.8, 4) is 0 Å². The summed E-state index contributed by atoms with van der Waals surface area (Å²) < 4.78 is 4.74. The van der Waals surface area contributed by atoms with Crippen molar-refractivity contribution in [1.29, 1.82) is 0 Å². The zero-order chi connectivity index (χ0) is 11.3. The molecular formula is C12H20O3. The van der Waals surface area contributed by atoms with E-state index >= 15 is 0 Å². The Morgan fingerprint density at radius 3 is 2.40 bits per heavy atom. The van der Waals surface area contributed by atoms with Crippen LogP contribution in [0.15, 0.2) is 0 Å². The van der Waals surface area contributed by atoms with Gasteiger partial charge in [-0.05, 0) is 18.8 Å². The van der Waals surface area contributed by atoms with Gasteiger partial charge >= 0.3 is 11.9 Å². The molecule has 1 aliphatic carbocycles. The summed E-state index contributed by atoms with van der Waals surface area (Å²) in [7, 11) is 0. The normalized spacial score (nSPS) is 19.6. The maximum absolute atomic E-state index is 11.6. The summed E-state index contributed by atoms with van der Waals surface area (Å²) >= 11 is 0. The van der Waals surface area contributed by atoms with E-state index in [0.717, 1.165) is 12.8 Å². The Balaban J connectivity index is 2.40. The molecule has 0 N–H and O–H groups in total. The number of rotatable bonds is 3. The molecule has 1 atom stereocenters. The average molecular weight is 212 g/mol. The van der Waals surface area contributed by atoms with Crippen LogP contribution in [0.4, 0.5) is 0 Å². The van der Waals surface area contributed by atoms with Crippen LogP contribution < -0.4 is 0 Å². The van der Waals surface area contributed by atoms with Crippen LogP contribution in [0, 0.1) is 11.8 Å². The van der Waals surface area contributed by atoms with Crippen LogP contribution in [-0.2, 0) is 14.3 Å². The molecule has 0 saturated heterocycles. The quantitative estimate of drug-likeness (QED) is 0.533. The maximum atomic E-state index is 11.6. The molecule has 1 unspecified atom stereocenters. The SMILES string of the molecule is CCC(=O)OC(=O)C(C)C1CCCCC1. The second-order valence-electron chi connectivity index (χ2n) is 4.33. The van der Waals surface area contributed by atoms with Crippen LogP contribution in [0.1, 0.15) is 52.4 Å². The third-order valence-corrected chi connectivity index (χ3v) is 3.23. The molecule has 15 heavy (non-hydrogen) atoms. The van der Waals surface area contributed by atoms with Crippen LogP contribution in [0.25, 0.3) is 0 Å². The fraction of sp³-hybridized carbons (Fsp3) is 0.833. The van der Waals surface area contributed by atoms with Crippen molar-refractivity contribution in [1.82, 2.24) is 0 Å². The van der Waals surface area contributed by atoms with Crippen molar-refractivity contribution in [2.45, 2.75) is 52.4 Å². The second kappa shape index (κ2) is 5.89. The van der Waals surface area contributed by atoms with Gasteiger partial charge in [0.05, 0.1) is 5.92 Å². The summed E-state index contributed by atoms with van der Waals surface area (Å²) in [5.74, 6) is -0.465. The molecule has 0 aromatic carbocycles. The van der Waals surface area contributed by atoms with Gasteiger partial charge in [0.2, 0.25) is 0 Å². The van der Waals surface area contributed by atoms with Crippen molar-refractivity contribution in [3.63, 3.8) is 0 Å². The summed E-state index contributed by atoms with van der Waals surface area (Å²) in [4.78, 5) is 22.5. The molecule has 0 heterocycles. The molecule has 1 saturated carbocycles. The number of carbonyl (C=O) groups excluding carboxylic acids is 2. The number of hydrogen-bond acceptors (Lipinski definition) is 3. The predicted octanol–water partition coefficient (Wildman–Crippen LogP) is 2.68. The minimum absolute atomic E-state index is 0.124. The standard InChI is InChI=1S/C12H20O3/c1-3-11(13)15-12(14)9(2)10-7-5-4-6-8-10/h9-10H,3-8H2,1-2H3. The summed E-state index contributed by atoms with van der Waals surface area (Å²) in [5.41, 5.74) is 0. The second-order valence-corrected chi connectivity index (χ2v) is 4.33. The molecule has 0 aromatic rings. The summed E-state index contributed by atoms with van der Waals surface area (Å²) in [6.45, 7) is 3.57. The maximum Gasteiger partial charge on any atom is 0.316 e. The highest BCUT2D eigenvalue weighted by Crippen LogP contribution is 2.30. The van der Waals surface area contributed by atoms with Gasteiger partial charge in [-0.3, -0.25) is 9.59 Å². The van der Waals surface area contributed by atoms with Crippen molar-refractivity contribution in [2.75, 3.05) is 0 Å². The van der Waals surface area contributed by atoms with Crippen molar-refractivity contribution in [3.05, 3.63) is 0 Å². The smallest absolute Gasteiger partial charge is 0.316 e. The number of ether oxygens (including phenoxy) is 1. The molecule has 1 aliphatic rings. The number of carbonyl (C=O) groups is 2. The van der Waals surface area contributed by atoms with Crippen LogP contribution in [0.3, 0.4) is 0 Å². The van der Waals surface area contributed by atoms with Gasteiger partial charge in [-0.1, -0.05) is 33.1 Å². The molecule has 0 radical (unpaired) electrons. The van der Waals surface area contributed by atoms with E-state index in [9.17, 15) is 9.59 Å². The zero-order valence-electron chi connectivity index (χ0n) is 9.62. The van der Waals surface area contributed by atoms with Crippen molar-refractivity contribution >= 4 is 11.9 Å². The number of esters is 2. The first-order chi connectivity index (χ1) is 7.15. The Morgan fingerprint density at radius 2 is 1.87 bits per heavy atom. The first-order valence-corrected chi connectivity index (χ1v) is 5.89. The topological polar surface area (TPSA) is 43.4 Å². The Morgan fingerprint density at radius 1 is 1.27 bits per heavy atom. The lowest BCUT2D eigenvalue weighted by atomic mass is 9.81. The molecular weight excluding hydrogens is 192 g/mol. The van der Waals surface area contributed by atoms with Gasteiger partial charge in [0.15, 0.2) is 0 Å². The van der Waals surface area contributed by atoms with Crippen molar-refractivity contribution in [2.24, 2.45) is 11.8 Å². The predicted molar refractivity (Wildman–Crippen MR) is 57.1 cm³/mol. The first-order valence-electron chi connectivity index (χ1n) is 5.89. The molecule has 1 rings (SSSR count). The number of hydrogen-bond donors (Lipinski definition) is 0. The third-order valence-electron chi connectivity index (χ3n) is 3.23. The summed E-state index contributed by atoms with van der Waals surface area (Å²) in [5, 5.41) is 0. The van der Waals surface area contributed by atoms with E-state index in [2.05, 4.69) is 0 Å². The minimum atomic E-state index is -0.414. The molecule has 3 nitrogen and oxygen atoms in total. The van der Waals surface area contributed by atoms with E-state index < -0.39 is 5.97 Å². The average Bonchev–Trinajstić information content (AvgIpc) is 2.29. The zero-order valence-corrected chi connectivity index (χ0v) is 9.62. The van der Waals surface area contributed by atoms with Crippen molar-refractivity contribution < 1.29 is 14.3 Å². The van der Waals surface area contributed by atoms with Gasteiger partial charge in [-0.2, -0.15) is 0 Å². The Bertz CT molecular complexity index is 229. The van der Waals surface area contributed by atoms with Gasteiger partial charge in [0.25, 0.3) is 0 Å². The Hall–Kier alpha value is -0.860. The van der Waals surface area contributed by atoms with Crippen LogP contribution >= 0.6 is 0 Å². The largest absolute Gasteiger partial charge is 0.393 e. The lowest BCUT2D eigenvalue weighted by Gasteiger charge is -2.25. The third kappa shape index (κ3) is 3.65. The minimum Gasteiger partial charge on any atom is -0.393 e. The molecule has 0 aliphatic heterocycles. The highest BCUT2D eigenvalue weighted by molar-refractivity contribution is 5.86. The fourth-order valence-corrected chi connectivity index (χ4v) is 2.10. The molecule has 0 spiro atoms. The summed E-state index contributed by atoms with van der Waals surface area (Å²) in [6, 6.07) is 0. The molecule has 0 aromatic heterocycles. The van der Waals surface area contributed by atoms with Gasteiger partial charge in [-0.25, -0.2) is 0 Å². The molecule has 86 valence electrons. The Labute approximate surface area is 91.2 Å². The van der Waals surface area contributed by atoms with Gasteiger partial charge < -0.3 is 4.74 Å². The van der Waals surface area contributed by atoms with E-state index in [1.165, 1.54) is 19.3 Å². The lowest BCUT2D eigenvalue weighted by Crippen LogP contribution is -2.26. The molecule has 1 fully saturated rings. The monoisotopic (exact) mass is 212 g/mol. The highest BCUT2D eigenvalue weighted by atomic mass is 16.6. The van der Waals surface area contributed by atoms with Gasteiger partial charge in [0.1, 0.15) is 0 Å². The van der Waals surface area contributed by atoms with Gasteiger partial charge in [-0.15, -0.1) is 0 Å². The van der Waals surface area contributed by atoms with E-state index in [1.54, 1.807) is 6.92 Å². The van der Waals surface area contributed by atoms with E-state index in [1.807, 2.05) is 6.92 Å². The fourth-order valence-electron chi connectivity index (χ4n) is 2.10. The molecule has 3 heteroatoms. The first kappa shape index (κ1) is 12.2. The van der Waals surface area contributed by atoms with E-state index in [4.69, 9.17) is 4.74 Å². The Kier molecular flexibility index (Phi) is 4.79. The molecule has 0 amide bonds. The van der Waals surface area contributed by atoms with Crippen LogP contribution in [0.2, 0.25) is 0 Å². The molecule has 0 bridgehead atoms. The van der Waals surface area contributed by atoms with Crippen LogP contribution in [-0.4, -0.2) is 11.9 Å². The van der Waals surface area contributed by atoms with Gasteiger partial charge in [0, 0.05) is 6.42 Å². The van der Waals surface area contributed by atoms with Crippen LogP contribution in [0.5, 0.6) is 0 Å². The lowest BCUT2D eigenvalue weighted by molar-refractivity contribution is -0.163. The highest BCUT2D eigenvalue weighted by Gasteiger charge is 2.27. The van der Waals surface area contributed by atoms with E-state index in [-0.39, 0.29) is 18.3 Å². The summed E-state index contributed by atoms with van der Waals surface area (Å²) in [6.07, 6.45) is 6.12. The van der Waals surface area contributed by atoms with E-state index in [0.29, 0.717) is 5.92 Å².